The summed E-state index contributed by atoms with van der Waals surface area (Å²) in [6.07, 6.45) is 2.47. The number of nitrogens with zero attached hydrogens (tertiary/aromatic N) is 1. The van der Waals surface area contributed by atoms with Crippen molar-refractivity contribution in [3.8, 4) is 5.88 Å². The SMILES string of the molecule is CC1(C)OCCC(COc2ncccc2Cl)O1. The van der Waals surface area contributed by atoms with E-state index >= 15 is 0 Å². The van der Waals surface area contributed by atoms with Crippen LogP contribution in [-0.4, -0.2) is 30.1 Å². The quantitative estimate of drug-likeness (QED) is 0.835. The molecule has 0 bridgehead atoms. The van der Waals surface area contributed by atoms with E-state index in [1.54, 1.807) is 18.3 Å². The fourth-order valence-electron chi connectivity index (χ4n) is 1.70. The van der Waals surface area contributed by atoms with E-state index in [0.717, 1.165) is 6.42 Å². The van der Waals surface area contributed by atoms with E-state index in [-0.39, 0.29) is 6.10 Å². The summed E-state index contributed by atoms with van der Waals surface area (Å²) in [5, 5.41) is 0.513. The summed E-state index contributed by atoms with van der Waals surface area (Å²) in [6, 6.07) is 3.52. The summed E-state index contributed by atoms with van der Waals surface area (Å²) >= 11 is 5.94. The van der Waals surface area contributed by atoms with Crippen molar-refractivity contribution in [2.45, 2.75) is 32.2 Å². The molecule has 2 heterocycles. The maximum atomic E-state index is 5.94. The van der Waals surface area contributed by atoms with Gasteiger partial charge in [0.05, 0.1) is 12.7 Å². The first-order chi connectivity index (χ1) is 8.07. The molecule has 0 aliphatic carbocycles. The molecule has 1 unspecified atom stereocenters. The molecule has 1 saturated heterocycles. The molecule has 5 heteroatoms. The third-order valence-electron chi connectivity index (χ3n) is 2.47. The van der Waals surface area contributed by atoms with Gasteiger partial charge in [0.15, 0.2) is 5.79 Å². The summed E-state index contributed by atoms with van der Waals surface area (Å²) in [4.78, 5) is 4.06. The smallest absolute Gasteiger partial charge is 0.232 e. The van der Waals surface area contributed by atoms with Gasteiger partial charge in [0.2, 0.25) is 5.88 Å². The average molecular weight is 258 g/mol. The van der Waals surface area contributed by atoms with Crippen LogP contribution in [0.2, 0.25) is 5.02 Å². The van der Waals surface area contributed by atoms with E-state index < -0.39 is 5.79 Å². The Labute approximate surface area is 106 Å². The number of halogens is 1. The summed E-state index contributed by atoms with van der Waals surface area (Å²) in [5.41, 5.74) is 0. The zero-order chi connectivity index (χ0) is 12.3. The van der Waals surface area contributed by atoms with E-state index in [4.69, 9.17) is 25.8 Å². The first kappa shape index (κ1) is 12.6. The molecule has 0 spiro atoms. The average Bonchev–Trinajstić information content (AvgIpc) is 2.27. The second-order valence-electron chi connectivity index (χ2n) is 4.38. The molecule has 94 valence electrons. The van der Waals surface area contributed by atoms with Gasteiger partial charge in [-0.05, 0) is 26.0 Å². The van der Waals surface area contributed by atoms with E-state index in [9.17, 15) is 0 Å². The van der Waals surface area contributed by atoms with Gasteiger partial charge in [0, 0.05) is 12.6 Å². The van der Waals surface area contributed by atoms with Crippen LogP contribution in [-0.2, 0) is 9.47 Å². The highest BCUT2D eigenvalue weighted by molar-refractivity contribution is 6.31. The van der Waals surface area contributed by atoms with Gasteiger partial charge in [0.25, 0.3) is 0 Å². The molecule has 1 aromatic rings. The molecular formula is C12H16ClNO3. The molecule has 0 saturated carbocycles. The topological polar surface area (TPSA) is 40.6 Å². The number of hydrogen-bond acceptors (Lipinski definition) is 4. The van der Waals surface area contributed by atoms with E-state index in [2.05, 4.69) is 4.98 Å². The van der Waals surface area contributed by atoms with Crippen LogP contribution in [0.25, 0.3) is 0 Å². The molecule has 0 radical (unpaired) electrons. The fourth-order valence-corrected chi connectivity index (χ4v) is 1.87. The van der Waals surface area contributed by atoms with Gasteiger partial charge in [-0.15, -0.1) is 0 Å². The highest BCUT2D eigenvalue weighted by atomic mass is 35.5. The summed E-state index contributed by atoms with van der Waals surface area (Å²) in [7, 11) is 0. The van der Waals surface area contributed by atoms with Crippen molar-refractivity contribution in [3.05, 3.63) is 23.4 Å². The highest BCUT2D eigenvalue weighted by Gasteiger charge is 2.29. The normalized spacial score (nSPS) is 23.4. The predicted octanol–water partition coefficient (Wildman–Crippen LogP) is 2.66. The molecule has 0 N–H and O–H groups in total. The van der Waals surface area contributed by atoms with Gasteiger partial charge in [0.1, 0.15) is 11.6 Å². The van der Waals surface area contributed by atoms with E-state index in [0.29, 0.717) is 24.1 Å². The Morgan fingerprint density at radius 2 is 2.41 bits per heavy atom. The van der Waals surface area contributed by atoms with Gasteiger partial charge in [-0.1, -0.05) is 11.6 Å². The Kier molecular flexibility index (Phi) is 3.86. The zero-order valence-corrected chi connectivity index (χ0v) is 10.7. The van der Waals surface area contributed by atoms with E-state index in [1.165, 1.54) is 0 Å². The van der Waals surface area contributed by atoms with Crippen molar-refractivity contribution in [2.24, 2.45) is 0 Å². The van der Waals surface area contributed by atoms with Crippen molar-refractivity contribution < 1.29 is 14.2 Å². The molecule has 2 rings (SSSR count). The second kappa shape index (κ2) is 5.21. The lowest BCUT2D eigenvalue weighted by molar-refractivity contribution is -0.276. The molecule has 17 heavy (non-hydrogen) atoms. The number of aromatic nitrogens is 1. The highest BCUT2D eigenvalue weighted by Crippen LogP contribution is 2.24. The number of rotatable bonds is 3. The first-order valence-electron chi connectivity index (χ1n) is 5.62. The number of hydrogen-bond donors (Lipinski definition) is 0. The summed E-state index contributed by atoms with van der Waals surface area (Å²) in [6.45, 7) is 4.90. The maximum absolute atomic E-state index is 5.94. The Morgan fingerprint density at radius 3 is 3.12 bits per heavy atom. The Bertz CT molecular complexity index is 384. The van der Waals surface area contributed by atoms with Crippen molar-refractivity contribution in [1.82, 2.24) is 4.98 Å². The van der Waals surface area contributed by atoms with Crippen LogP contribution in [0.4, 0.5) is 0 Å². The van der Waals surface area contributed by atoms with Crippen molar-refractivity contribution in [3.63, 3.8) is 0 Å². The van der Waals surface area contributed by atoms with Gasteiger partial charge < -0.3 is 14.2 Å². The lowest BCUT2D eigenvalue weighted by atomic mass is 10.2. The van der Waals surface area contributed by atoms with Crippen molar-refractivity contribution in [2.75, 3.05) is 13.2 Å². The van der Waals surface area contributed by atoms with Gasteiger partial charge >= 0.3 is 0 Å². The van der Waals surface area contributed by atoms with Gasteiger partial charge in [-0.3, -0.25) is 0 Å². The number of pyridine rings is 1. The molecule has 0 aromatic carbocycles. The molecule has 4 nitrogen and oxygen atoms in total. The minimum absolute atomic E-state index is 0.0109. The Hall–Kier alpha value is -0.840. The molecule has 1 aliphatic rings. The molecule has 1 aromatic heterocycles. The molecule has 0 amide bonds. The standard InChI is InChI=1S/C12H16ClNO3/c1-12(2)16-7-5-9(17-12)8-15-11-10(13)4-3-6-14-11/h3-4,6,9H,5,7-8H2,1-2H3. The lowest BCUT2D eigenvalue weighted by Gasteiger charge is -2.35. The Balaban J connectivity index is 1.88. The first-order valence-corrected chi connectivity index (χ1v) is 6.00. The summed E-state index contributed by atoms with van der Waals surface area (Å²) in [5.74, 6) is -0.0951. The fraction of sp³-hybridized carbons (Fsp3) is 0.583. The van der Waals surface area contributed by atoms with Crippen LogP contribution >= 0.6 is 11.6 Å². The molecule has 1 atom stereocenters. The number of ether oxygens (including phenoxy) is 3. The lowest BCUT2D eigenvalue weighted by Crippen LogP contribution is -2.42. The maximum Gasteiger partial charge on any atom is 0.232 e. The van der Waals surface area contributed by atoms with Crippen LogP contribution in [0.15, 0.2) is 18.3 Å². The molecular weight excluding hydrogens is 242 g/mol. The van der Waals surface area contributed by atoms with Crippen LogP contribution in [0.1, 0.15) is 20.3 Å². The third kappa shape index (κ3) is 3.56. The zero-order valence-electron chi connectivity index (χ0n) is 9.98. The van der Waals surface area contributed by atoms with Gasteiger partial charge in [-0.2, -0.15) is 0 Å². The summed E-state index contributed by atoms with van der Waals surface area (Å²) < 4.78 is 16.7. The van der Waals surface area contributed by atoms with E-state index in [1.807, 2.05) is 13.8 Å². The second-order valence-corrected chi connectivity index (χ2v) is 4.79. The largest absolute Gasteiger partial charge is 0.474 e. The van der Waals surface area contributed by atoms with Crippen LogP contribution in [0.3, 0.4) is 0 Å². The van der Waals surface area contributed by atoms with Crippen molar-refractivity contribution >= 4 is 11.6 Å². The molecule has 1 fully saturated rings. The van der Waals surface area contributed by atoms with Crippen LogP contribution in [0.5, 0.6) is 5.88 Å². The van der Waals surface area contributed by atoms with Crippen LogP contribution in [0, 0.1) is 0 Å². The third-order valence-corrected chi connectivity index (χ3v) is 2.76. The predicted molar refractivity (Wildman–Crippen MR) is 64.3 cm³/mol. The van der Waals surface area contributed by atoms with Crippen LogP contribution < -0.4 is 4.74 Å². The monoisotopic (exact) mass is 257 g/mol. The minimum Gasteiger partial charge on any atom is -0.474 e. The van der Waals surface area contributed by atoms with Crippen molar-refractivity contribution in [1.29, 1.82) is 0 Å². The molecule has 1 aliphatic heterocycles. The minimum atomic E-state index is -0.541. The van der Waals surface area contributed by atoms with Gasteiger partial charge in [-0.25, -0.2) is 4.98 Å². The Morgan fingerprint density at radius 1 is 1.59 bits per heavy atom.